The fourth-order valence-corrected chi connectivity index (χ4v) is 3.94. The lowest BCUT2D eigenvalue weighted by Crippen LogP contribution is -2.29. The van der Waals surface area contributed by atoms with Crippen molar-refractivity contribution in [2.75, 3.05) is 27.4 Å². The summed E-state index contributed by atoms with van der Waals surface area (Å²) < 4.78 is 43.8. The van der Waals surface area contributed by atoms with Crippen LogP contribution in [0.25, 0.3) is 0 Å². The smallest absolute Gasteiger partial charge is 0.244 e. The van der Waals surface area contributed by atoms with Gasteiger partial charge < -0.3 is 14.2 Å². The largest absolute Gasteiger partial charge is 0.497 e. The van der Waals surface area contributed by atoms with Gasteiger partial charge in [-0.1, -0.05) is 18.2 Å². The molecule has 7 heteroatoms. The number of nitrogens with one attached hydrogen (secondary N) is 1. The highest BCUT2D eigenvalue weighted by Crippen LogP contribution is 2.33. The number of methoxy groups -OCH3 is 2. The van der Waals surface area contributed by atoms with Gasteiger partial charge in [0.25, 0.3) is 0 Å². The summed E-state index contributed by atoms with van der Waals surface area (Å²) in [5.41, 5.74) is 1.01. The maximum absolute atomic E-state index is 12.7. The summed E-state index contributed by atoms with van der Waals surface area (Å²) in [5, 5.41) is 0. The van der Waals surface area contributed by atoms with E-state index in [0.29, 0.717) is 12.4 Å². The Morgan fingerprint density at radius 1 is 1.17 bits per heavy atom. The molecule has 0 unspecified atom stereocenters. The Morgan fingerprint density at radius 3 is 2.71 bits per heavy atom. The normalized spacial score (nSPS) is 16.3. The quantitative estimate of drug-likeness (QED) is 0.865. The molecule has 0 aliphatic carbocycles. The molecule has 3 rings (SSSR count). The Kier molecular flexibility index (Phi) is 4.64. The first-order chi connectivity index (χ1) is 11.5. The van der Waals surface area contributed by atoms with Crippen molar-refractivity contribution in [1.29, 1.82) is 0 Å². The van der Waals surface area contributed by atoms with Crippen molar-refractivity contribution in [1.82, 2.24) is 4.72 Å². The molecule has 0 fully saturated rings. The standard InChI is InChI=1S/C17H19NO5S/c1-21-13-7-8-16(22-2)17(9-13)24(19,20)18-10-12-11-23-15-6-4-3-5-14(12)15/h3-9,12,18H,10-11H2,1-2H3/t12-/m1/s1. The van der Waals surface area contributed by atoms with Gasteiger partial charge in [-0.25, -0.2) is 13.1 Å². The van der Waals surface area contributed by atoms with Gasteiger partial charge in [-0.2, -0.15) is 0 Å². The van der Waals surface area contributed by atoms with E-state index in [1.165, 1.54) is 20.3 Å². The molecule has 1 N–H and O–H groups in total. The van der Waals surface area contributed by atoms with Crippen molar-refractivity contribution >= 4 is 10.0 Å². The molecule has 0 saturated heterocycles. The van der Waals surface area contributed by atoms with Crippen molar-refractivity contribution in [2.45, 2.75) is 10.8 Å². The zero-order valence-electron chi connectivity index (χ0n) is 13.5. The summed E-state index contributed by atoms with van der Waals surface area (Å²) in [7, 11) is -0.819. The fraction of sp³-hybridized carbons (Fsp3) is 0.294. The highest BCUT2D eigenvalue weighted by Gasteiger charge is 2.27. The molecule has 1 aliphatic rings. The first-order valence-corrected chi connectivity index (χ1v) is 8.97. The Balaban J connectivity index is 1.80. The highest BCUT2D eigenvalue weighted by molar-refractivity contribution is 7.89. The molecule has 128 valence electrons. The molecule has 0 saturated carbocycles. The van der Waals surface area contributed by atoms with Crippen molar-refractivity contribution in [3.63, 3.8) is 0 Å². The minimum absolute atomic E-state index is 0.0208. The second-order valence-electron chi connectivity index (χ2n) is 5.41. The molecule has 0 amide bonds. The minimum Gasteiger partial charge on any atom is -0.497 e. The summed E-state index contributed by atoms with van der Waals surface area (Å²) in [6.07, 6.45) is 0. The van der Waals surface area contributed by atoms with E-state index < -0.39 is 10.0 Å². The van der Waals surface area contributed by atoms with Crippen LogP contribution in [0.15, 0.2) is 47.4 Å². The van der Waals surface area contributed by atoms with Gasteiger partial charge in [-0.05, 0) is 18.2 Å². The fourth-order valence-electron chi connectivity index (χ4n) is 2.68. The minimum atomic E-state index is -3.74. The SMILES string of the molecule is COc1ccc(OC)c(S(=O)(=O)NC[C@@H]2COc3ccccc32)c1. The van der Waals surface area contributed by atoms with Gasteiger partial charge in [0.05, 0.1) is 20.8 Å². The third-order valence-electron chi connectivity index (χ3n) is 3.98. The second-order valence-corrected chi connectivity index (χ2v) is 7.15. The van der Waals surface area contributed by atoms with E-state index in [9.17, 15) is 8.42 Å². The molecule has 24 heavy (non-hydrogen) atoms. The zero-order chi connectivity index (χ0) is 17.2. The van der Waals surface area contributed by atoms with Crippen LogP contribution in [0.3, 0.4) is 0 Å². The van der Waals surface area contributed by atoms with Crippen LogP contribution in [0.1, 0.15) is 11.5 Å². The molecule has 2 aromatic carbocycles. The first kappa shape index (κ1) is 16.6. The molecule has 0 radical (unpaired) electrons. The second kappa shape index (κ2) is 6.70. The predicted molar refractivity (Wildman–Crippen MR) is 89.4 cm³/mol. The number of hydrogen-bond acceptors (Lipinski definition) is 5. The van der Waals surface area contributed by atoms with Crippen molar-refractivity contribution < 1.29 is 22.6 Å². The van der Waals surface area contributed by atoms with Crippen LogP contribution in [-0.2, 0) is 10.0 Å². The van der Waals surface area contributed by atoms with Gasteiger partial charge in [-0.3, -0.25) is 0 Å². The van der Waals surface area contributed by atoms with E-state index in [4.69, 9.17) is 14.2 Å². The molecule has 6 nitrogen and oxygen atoms in total. The number of rotatable bonds is 6. The van der Waals surface area contributed by atoms with E-state index in [2.05, 4.69) is 4.72 Å². The number of para-hydroxylation sites is 1. The van der Waals surface area contributed by atoms with E-state index >= 15 is 0 Å². The summed E-state index contributed by atoms with van der Waals surface area (Å²) in [6, 6.07) is 12.3. The topological polar surface area (TPSA) is 73.9 Å². The first-order valence-electron chi connectivity index (χ1n) is 7.48. The summed E-state index contributed by atoms with van der Waals surface area (Å²) >= 11 is 0. The lowest BCUT2D eigenvalue weighted by Gasteiger charge is -2.14. The molecule has 0 spiro atoms. The van der Waals surface area contributed by atoms with Gasteiger partial charge >= 0.3 is 0 Å². The van der Waals surface area contributed by atoms with Crippen LogP contribution in [0.4, 0.5) is 0 Å². The van der Waals surface area contributed by atoms with Crippen molar-refractivity contribution in [3.8, 4) is 17.2 Å². The number of sulfonamides is 1. The molecule has 1 aliphatic heterocycles. The third-order valence-corrected chi connectivity index (χ3v) is 5.42. The van der Waals surface area contributed by atoms with E-state index in [1.54, 1.807) is 12.1 Å². The lowest BCUT2D eigenvalue weighted by atomic mass is 10.0. The Labute approximate surface area is 141 Å². The summed E-state index contributed by atoms with van der Waals surface area (Å²) in [5.74, 6) is 1.50. The monoisotopic (exact) mass is 349 g/mol. The van der Waals surface area contributed by atoms with Gasteiger partial charge in [0, 0.05) is 24.1 Å². The Hall–Kier alpha value is -2.25. The summed E-state index contributed by atoms with van der Waals surface area (Å²) in [6.45, 7) is 0.705. The number of hydrogen-bond donors (Lipinski definition) is 1. The van der Waals surface area contributed by atoms with Crippen LogP contribution in [0, 0.1) is 0 Å². The molecular formula is C17H19NO5S. The lowest BCUT2D eigenvalue weighted by molar-refractivity contribution is 0.330. The molecule has 1 heterocycles. The number of ether oxygens (including phenoxy) is 3. The molecular weight excluding hydrogens is 330 g/mol. The van der Waals surface area contributed by atoms with Crippen molar-refractivity contribution in [3.05, 3.63) is 48.0 Å². The maximum Gasteiger partial charge on any atom is 0.244 e. The van der Waals surface area contributed by atoms with E-state index in [1.807, 2.05) is 24.3 Å². The van der Waals surface area contributed by atoms with Gasteiger partial charge in [0.2, 0.25) is 10.0 Å². The van der Waals surface area contributed by atoms with Crippen LogP contribution >= 0.6 is 0 Å². The highest BCUT2D eigenvalue weighted by atomic mass is 32.2. The van der Waals surface area contributed by atoms with Gasteiger partial charge in [0.15, 0.2) is 0 Å². The third kappa shape index (κ3) is 3.18. The zero-order valence-corrected chi connectivity index (χ0v) is 14.3. The molecule has 0 bridgehead atoms. The van der Waals surface area contributed by atoms with Crippen LogP contribution in [-0.4, -0.2) is 35.8 Å². The van der Waals surface area contributed by atoms with Gasteiger partial charge in [0.1, 0.15) is 22.1 Å². The number of fused-ring (bicyclic) bond motifs is 1. The van der Waals surface area contributed by atoms with Crippen LogP contribution in [0.5, 0.6) is 17.2 Å². The molecule has 1 atom stereocenters. The van der Waals surface area contributed by atoms with Crippen molar-refractivity contribution in [2.24, 2.45) is 0 Å². The predicted octanol–water partition coefficient (Wildman–Crippen LogP) is 2.16. The van der Waals surface area contributed by atoms with Crippen LogP contribution in [0.2, 0.25) is 0 Å². The van der Waals surface area contributed by atoms with Crippen LogP contribution < -0.4 is 18.9 Å². The van der Waals surface area contributed by atoms with E-state index in [0.717, 1.165) is 11.3 Å². The Morgan fingerprint density at radius 2 is 1.96 bits per heavy atom. The van der Waals surface area contributed by atoms with Gasteiger partial charge in [-0.15, -0.1) is 0 Å². The maximum atomic E-state index is 12.7. The Bertz CT molecular complexity index is 835. The molecule has 2 aromatic rings. The number of benzene rings is 2. The summed E-state index contributed by atoms with van der Waals surface area (Å²) in [4.78, 5) is 0.0524. The average Bonchev–Trinajstić information content (AvgIpc) is 3.02. The molecule has 0 aromatic heterocycles. The average molecular weight is 349 g/mol. The van der Waals surface area contributed by atoms with E-state index in [-0.39, 0.29) is 23.1 Å².